The molecule has 1 atom stereocenters. The Hall–Kier alpha value is -2.13. The van der Waals surface area contributed by atoms with Crippen LogP contribution in [-0.2, 0) is 17.6 Å². The Morgan fingerprint density at radius 2 is 1.81 bits per heavy atom. The first-order valence-corrected chi connectivity index (χ1v) is 7.44. The molecule has 0 radical (unpaired) electrons. The lowest BCUT2D eigenvalue weighted by Crippen LogP contribution is -2.47. The third kappa shape index (κ3) is 2.98. The zero-order chi connectivity index (χ0) is 14.7. The molecule has 0 spiro atoms. The minimum Gasteiger partial charge on any atom is -0.320 e. The number of amides is 1. The van der Waals surface area contributed by atoms with Crippen LogP contribution in [0.5, 0.6) is 0 Å². The van der Waals surface area contributed by atoms with Crippen molar-refractivity contribution in [1.82, 2.24) is 0 Å². The van der Waals surface area contributed by atoms with Gasteiger partial charge in [-0.2, -0.15) is 0 Å². The van der Waals surface area contributed by atoms with Gasteiger partial charge in [-0.1, -0.05) is 48.5 Å². The van der Waals surface area contributed by atoms with Crippen molar-refractivity contribution in [2.75, 3.05) is 11.4 Å². The topological polar surface area (TPSA) is 46.3 Å². The average Bonchev–Trinajstić information content (AvgIpc) is 2.54. The van der Waals surface area contributed by atoms with E-state index in [9.17, 15) is 4.79 Å². The highest BCUT2D eigenvalue weighted by molar-refractivity contribution is 5.98. The van der Waals surface area contributed by atoms with E-state index < -0.39 is 6.04 Å². The standard InChI is InChI=1S/C18H20N2O/c19-16(13-14-7-2-1-3-8-14)18(21)20-12-6-10-15-9-4-5-11-17(15)20/h1-5,7-9,11,16H,6,10,12-13,19H2/t16-/m0/s1. The van der Waals surface area contributed by atoms with E-state index in [0.29, 0.717) is 6.42 Å². The number of aryl methyl sites for hydroxylation is 1. The van der Waals surface area contributed by atoms with Crippen molar-refractivity contribution in [3.8, 4) is 0 Å². The number of carbonyl (C=O) groups is 1. The number of para-hydroxylation sites is 1. The minimum atomic E-state index is -0.487. The van der Waals surface area contributed by atoms with E-state index in [4.69, 9.17) is 5.73 Å². The van der Waals surface area contributed by atoms with Gasteiger partial charge in [-0.3, -0.25) is 4.79 Å². The first-order chi connectivity index (χ1) is 10.3. The second-order valence-electron chi connectivity index (χ2n) is 5.52. The van der Waals surface area contributed by atoms with E-state index in [1.165, 1.54) is 5.56 Å². The molecule has 2 aromatic carbocycles. The highest BCUT2D eigenvalue weighted by atomic mass is 16.2. The van der Waals surface area contributed by atoms with Gasteiger partial charge in [0, 0.05) is 12.2 Å². The van der Waals surface area contributed by atoms with E-state index >= 15 is 0 Å². The third-order valence-electron chi connectivity index (χ3n) is 3.99. The predicted molar refractivity (Wildman–Crippen MR) is 85.2 cm³/mol. The highest BCUT2D eigenvalue weighted by Crippen LogP contribution is 2.27. The Morgan fingerprint density at radius 1 is 1.10 bits per heavy atom. The molecule has 108 valence electrons. The first kappa shape index (κ1) is 13.8. The van der Waals surface area contributed by atoms with Gasteiger partial charge in [0.15, 0.2) is 0 Å². The summed E-state index contributed by atoms with van der Waals surface area (Å²) < 4.78 is 0. The number of rotatable bonds is 3. The summed E-state index contributed by atoms with van der Waals surface area (Å²) in [4.78, 5) is 14.5. The molecule has 0 aromatic heterocycles. The van der Waals surface area contributed by atoms with Crippen LogP contribution in [0.1, 0.15) is 17.5 Å². The maximum Gasteiger partial charge on any atom is 0.244 e. The molecule has 0 bridgehead atoms. The fourth-order valence-electron chi connectivity index (χ4n) is 2.92. The molecule has 2 N–H and O–H groups in total. The summed E-state index contributed by atoms with van der Waals surface area (Å²) in [5, 5.41) is 0. The largest absolute Gasteiger partial charge is 0.320 e. The van der Waals surface area contributed by atoms with Crippen molar-refractivity contribution in [3.63, 3.8) is 0 Å². The van der Waals surface area contributed by atoms with Gasteiger partial charge in [-0.25, -0.2) is 0 Å². The van der Waals surface area contributed by atoms with Crippen molar-refractivity contribution in [3.05, 3.63) is 65.7 Å². The number of carbonyl (C=O) groups excluding carboxylic acids is 1. The molecule has 1 aliphatic rings. The highest BCUT2D eigenvalue weighted by Gasteiger charge is 2.26. The Morgan fingerprint density at radius 3 is 2.62 bits per heavy atom. The summed E-state index contributed by atoms with van der Waals surface area (Å²) in [6.45, 7) is 0.762. The van der Waals surface area contributed by atoms with Crippen LogP contribution in [0.15, 0.2) is 54.6 Å². The zero-order valence-electron chi connectivity index (χ0n) is 12.0. The lowest BCUT2D eigenvalue weighted by Gasteiger charge is -2.31. The number of nitrogens with zero attached hydrogens (tertiary/aromatic N) is 1. The molecule has 1 heterocycles. The van der Waals surface area contributed by atoms with E-state index in [1.54, 1.807) is 0 Å². The molecule has 21 heavy (non-hydrogen) atoms. The van der Waals surface area contributed by atoms with Gasteiger partial charge < -0.3 is 10.6 Å². The average molecular weight is 280 g/mol. The van der Waals surface area contributed by atoms with Gasteiger partial charge in [0.05, 0.1) is 6.04 Å². The van der Waals surface area contributed by atoms with E-state index in [0.717, 1.165) is 30.6 Å². The fraction of sp³-hybridized carbons (Fsp3) is 0.278. The van der Waals surface area contributed by atoms with Gasteiger partial charge in [-0.15, -0.1) is 0 Å². The molecule has 1 aliphatic heterocycles. The van der Waals surface area contributed by atoms with Crippen LogP contribution in [0.3, 0.4) is 0 Å². The van der Waals surface area contributed by atoms with Crippen LogP contribution in [0, 0.1) is 0 Å². The summed E-state index contributed by atoms with van der Waals surface area (Å²) in [6.07, 6.45) is 2.62. The number of fused-ring (bicyclic) bond motifs is 1. The zero-order valence-corrected chi connectivity index (χ0v) is 12.0. The van der Waals surface area contributed by atoms with Crippen molar-refractivity contribution >= 4 is 11.6 Å². The molecule has 0 saturated heterocycles. The fourth-order valence-corrected chi connectivity index (χ4v) is 2.92. The Bertz CT molecular complexity index is 624. The molecule has 0 saturated carbocycles. The van der Waals surface area contributed by atoms with E-state index in [-0.39, 0.29) is 5.91 Å². The predicted octanol–water partition coefficient (Wildman–Crippen LogP) is 2.54. The third-order valence-corrected chi connectivity index (χ3v) is 3.99. The molecule has 3 heteroatoms. The quantitative estimate of drug-likeness (QED) is 0.939. The molecule has 2 aromatic rings. The summed E-state index contributed by atoms with van der Waals surface area (Å²) >= 11 is 0. The van der Waals surface area contributed by atoms with Crippen LogP contribution in [0.4, 0.5) is 5.69 Å². The first-order valence-electron chi connectivity index (χ1n) is 7.44. The summed E-state index contributed by atoms with van der Waals surface area (Å²) in [7, 11) is 0. The molecular formula is C18H20N2O. The number of nitrogens with two attached hydrogens (primary N) is 1. The molecule has 0 fully saturated rings. The van der Waals surface area contributed by atoms with Crippen molar-refractivity contribution in [2.24, 2.45) is 5.73 Å². The van der Waals surface area contributed by atoms with E-state index in [1.807, 2.05) is 53.4 Å². The smallest absolute Gasteiger partial charge is 0.244 e. The van der Waals surface area contributed by atoms with E-state index in [2.05, 4.69) is 6.07 Å². The summed E-state index contributed by atoms with van der Waals surface area (Å²) in [5.74, 6) is 0.0194. The number of anilines is 1. The summed E-state index contributed by atoms with van der Waals surface area (Å²) in [6, 6.07) is 17.6. The summed E-state index contributed by atoms with van der Waals surface area (Å²) in [5.41, 5.74) is 9.51. The van der Waals surface area contributed by atoms with Crippen LogP contribution in [0.25, 0.3) is 0 Å². The van der Waals surface area contributed by atoms with Gasteiger partial charge in [0.25, 0.3) is 0 Å². The molecular weight excluding hydrogens is 260 g/mol. The van der Waals surface area contributed by atoms with Gasteiger partial charge in [0.2, 0.25) is 5.91 Å². The molecule has 1 amide bonds. The second-order valence-corrected chi connectivity index (χ2v) is 5.52. The van der Waals surface area contributed by atoms with Crippen LogP contribution >= 0.6 is 0 Å². The lowest BCUT2D eigenvalue weighted by molar-refractivity contribution is -0.119. The van der Waals surface area contributed by atoms with Gasteiger partial charge in [-0.05, 0) is 36.5 Å². The molecule has 3 rings (SSSR count). The monoisotopic (exact) mass is 280 g/mol. The maximum absolute atomic E-state index is 12.7. The Kier molecular flexibility index (Phi) is 4.02. The van der Waals surface area contributed by atoms with Crippen LogP contribution in [0.2, 0.25) is 0 Å². The second kappa shape index (κ2) is 6.10. The van der Waals surface area contributed by atoms with Crippen LogP contribution in [-0.4, -0.2) is 18.5 Å². The van der Waals surface area contributed by atoms with Crippen molar-refractivity contribution in [1.29, 1.82) is 0 Å². The Balaban J connectivity index is 1.77. The lowest BCUT2D eigenvalue weighted by atomic mass is 9.99. The maximum atomic E-state index is 12.7. The van der Waals surface area contributed by atoms with Gasteiger partial charge >= 0.3 is 0 Å². The molecule has 0 aliphatic carbocycles. The molecule has 3 nitrogen and oxygen atoms in total. The number of benzene rings is 2. The Labute approximate surface area is 125 Å². The SMILES string of the molecule is N[C@@H](Cc1ccccc1)C(=O)N1CCCc2ccccc21. The molecule has 0 unspecified atom stereocenters. The van der Waals surface area contributed by atoms with Crippen molar-refractivity contribution in [2.45, 2.75) is 25.3 Å². The normalized spacial score (nSPS) is 15.4. The van der Waals surface area contributed by atoms with Gasteiger partial charge in [0.1, 0.15) is 0 Å². The minimum absolute atomic E-state index is 0.0194. The van der Waals surface area contributed by atoms with Crippen molar-refractivity contribution < 1.29 is 4.79 Å². The number of hydrogen-bond donors (Lipinski definition) is 1. The number of hydrogen-bond acceptors (Lipinski definition) is 2. The van der Waals surface area contributed by atoms with Crippen LogP contribution < -0.4 is 10.6 Å².